The summed E-state index contributed by atoms with van der Waals surface area (Å²) in [6.45, 7) is 0.270. The van der Waals surface area contributed by atoms with Crippen LogP contribution < -0.4 is 32.1 Å². The summed E-state index contributed by atoms with van der Waals surface area (Å²) in [4.78, 5) is 47.9. The number of halogens is 1. The second-order valence-corrected chi connectivity index (χ2v) is 11.8. The number of ether oxygens (including phenoxy) is 1. The van der Waals surface area contributed by atoms with Crippen LogP contribution in [0.25, 0.3) is 26.5 Å². The molecule has 16 heteroatoms. The average Bonchev–Trinajstić information content (AvgIpc) is 3.40. The lowest BCUT2D eigenvalue weighted by molar-refractivity contribution is 0.114. The Kier molecular flexibility index (Phi) is 10.2. The molecule has 3 heterocycles. The number of methoxy groups -OCH3 is 1. The maximum absolute atomic E-state index is 15.1. The van der Waals surface area contributed by atoms with E-state index in [1.807, 2.05) is 4.90 Å². The topological polar surface area (TPSA) is 153 Å². The summed E-state index contributed by atoms with van der Waals surface area (Å²) in [5, 5.41) is 21.1. The lowest BCUT2D eigenvalue weighted by Gasteiger charge is -2.17. The Bertz CT molecular complexity index is 1980. The van der Waals surface area contributed by atoms with Gasteiger partial charge in [-0.25, -0.2) is 24.0 Å². The van der Waals surface area contributed by atoms with Crippen LogP contribution in [0.4, 0.5) is 14.9 Å². The summed E-state index contributed by atoms with van der Waals surface area (Å²) in [6.07, 6.45) is 0. The van der Waals surface area contributed by atoms with Gasteiger partial charge in [-0.2, -0.15) is 0 Å². The van der Waals surface area contributed by atoms with Gasteiger partial charge in [0.25, 0.3) is 5.56 Å². The van der Waals surface area contributed by atoms with Crippen LogP contribution in [0.1, 0.15) is 11.1 Å². The number of carbonyl (C=O) groups excluding carboxylic acids is 1. The number of amides is 2. The number of nitrogens with zero attached hydrogens (tertiary/aromatic N) is 5. The van der Waals surface area contributed by atoms with E-state index in [2.05, 4.69) is 35.1 Å². The first-order valence-corrected chi connectivity index (χ1v) is 15.3. The number of urea groups is 1. The number of hydroxylamine groups is 1. The van der Waals surface area contributed by atoms with E-state index in [4.69, 9.17) is 4.74 Å². The molecule has 0 aliphatic rings. The van der Waals surface area contributed by atoms with Gasteiger partial charge in [0.1, 0.15) is 10.6 Å². The Morgan fingerprint density at radius 2 is 1.85 bits per heavy atom. The zero-order valence-corrected chi connectivity index (χ0v) is 27.1. The fourth-order valence-electron chi connectivity index (χ4n) is 4.91. The number of aromatic nitrogens is 4. The molecule has 0 bridgehead atoms. The highest BCUT2D eigenvalue weighted by atomic mass is 32.1. The molecular weight excluding hydrogens is 636 g/mol. The number of benzene rings is 2. The van der Waals surface area contributed by atoms with Crippen molar-refractivity contribution in [1.82, 2.24) is 29.7 Å². The first kappa shape index (κ1) is 32.9. The molecule has 0 aliphatic heterocycles. The van der Waals surface area contributed by atoms with Gasteiger partial charge in [0, 0.05) is 35.3 Å². The zero-order valence-electron chi connectivity index (χ0n) is 25.1. The number of carbonyl (C=O) groups is 1. The smallest absolute Gasteiger partial charge is 0.343 e. The lowest BCUT2D eigenvalue weighted by Crippen LogP contribution is -2.40. The van der Waals surface area contributed by atoms with Gasteiger partial charge in [-0.05, 0) is 47.7 Å². The van der Waals surface area contributed by atoms with Crippen molar-refractivity contribution in [1.29, 1.82) is 0 Å². The van der Waals surface area contributed by atoms with Crippen molar-refractivity contribution in [2.75, 3.05) is 39.7 Å². The largest absolute Gasteiger partial charge is 0.480 e. The quantitative estimate of drug-likeness (QED) is 0.143. The molecule has 0 fully saturated rings. The van der Waals surface area contributed by atoms with Gasteiger partial charge in [-0.15, -0.1) is 30.8 Å². The summed E-state index contributed by atoms with van der Waals surface area (Å²) < 4.78 is 22.5. The second kappa shape index (κ2) is 14.3. The second-order valence-electron chi connectivity index (χ2n) is 10.1. The molecule has 2 amide bonds. The van der Waals surface area contributed by atoms with Gasteiger partial charge in [0.15, 0.2) is 5.82 Å². The molecule has 2 aromatic carbocycles. The molecule has 1 unspecified atom stereocenters. The van der Waals surface area contributed by atoms with Crippen molar-refractivity contribution in [3.8, 4) is 22.1 Å². The molecular formula is C30H31FN7O6PS. The third kappa shape index (κ3) is 6.69. The fourth-order valence-corrected chi connectivity index (χ4v) is 6.55. The predicted octanol–water partition coefficient (Wildman–Crippen LogP) is 2.47. The Morgan fingerprint density at radius 1 is 1.09 bits per heavy atom. The van der Waals surface area contributed by atoms with Crippen LogP contribution in [0.3, 0.4) is 0 Å². The van der Waals surface area contributed by atoms with Crippen LogP contribution in [-0.2, 0) is 17.9 Å². The Morgan fingerprint density at radius 3 is 2.48 bits per heavy atom. The van der Waals surface area contributed by atoms with Crippen molar-refractivity contribution >= 4 is 47.8 Å². The Labute approximate surface area is 268 Å². The summed E-state index contributed by atoms with van der Waals surface area (Å²) in [6, 6.07) is 13.9. The minimum Gasteiger partial charge on any atom is -0.480 e. The summed E-state index contributed by atoms with van der Waals surface area (Å²) in [5.74, 6) is -0.341. The molecule has 3 N–H and O–H groups in total. The molecule has 0 radical (unpaired) electrons. The van der Waals surface area contributed by atoms with E-state index in [0.717, 1.165) is 4.57 Å². The number of aliphatic hydroxyl groups is 1. The summed E-state index contributed by atoms with van der Waals surface area (Å²) in [5.41, 5.74) is 2.89. The maximum atomic E-state index is 15.1. The van der Waals surface area contributed by atoms with Crippen LogP contribution in [0, 0.1) is 5.82 Å². The number of hydrogen-bond acceptors (Lipinski definition) is 10. The van der Waals surface area contributed by atoms with E-state index in [1.54, 1.807) is 43.4 Å². The number of nitrogens with one attached hydrogen (secondary N) is 2. The number of hydrogen-bond donors (Lipinski definition) is 3. The van der Waals surface area contributed by atoms with Gasteiger partial charge in [-0.1, -0.05) is 24.3 Å². The fraction of sp³-hybridized carbons (Fsp3) is 0.233. The van der Waals surface area contributed by atoms with E-state index in [1.165, 1.54) is 48.3 Å². The summed E-state index contributed by atoms with van der Waals surface area (Å²) >= 11 is 1.22. The minimum atomic E-state index is -0.726. The molecule has 13 nitrogen and oxygen atoms in total. The Hall–Kier alpha value is -4.53. The molecule has 1 atom stereocenters. The molecule has 0 saturated heterocycles. The van der Waals surface area contributed by atoms with Crippen molar-refractivity contribution in [3.05, 3.63) is 92.4 Å². The van der Waals surface area contributed by atoms with Crippen molar-refractivity contribution in [3.63, 3.8) is 0 Å². The standard InChI is InChI=1S/C30H31FN7O6PS/c1-36(13-14-39)15-20-25-27(40)38(23-11-12-24(43-2)34-33-23)30(42)37(16-19-21(31)5-4-6-22(19)45)28(25)46-26(20)17-7-9-18(10-8-17)32-29(41)35-44-3/h4-12,39H,13-16,45H2,1-3H3,(H2,32,35,41). The number of fused-ring (bicyclic) bond motifs is 1. The summed E-state index contributed by atoms with van der Waals surface area (Å²) in [7, 11) is 7.02. The number of aliphatic hydroxyl groups excluding tert-OH is 1. The van der Waals surface area contributed by atoms with E-state index < -0.39 is 23.1 Å². The number of rotatable bonds is 11. The third-order valence-electron chi connectivity index (χ3n) is 7.12. The maximum Gasteiger partial charge on any atom is 0.343 e. The first-order chi connectivity index (χ1) is 22.2. The molecule has 46 heavy (non-hydrogen) atoms. The first-order valence-electron chi connectivity index (χ1n) is 13.9. The van der Waals surface area contributed by atoms with Crippen LogP contribution in [-0.4, -0.2) is 69.8 Å². The highest BCUT2D eigenvalue weighted by Gasteiger charge is 2.26. The van der Waals surface area contributed by atoms with Crippen molar-refractivity contribution in [2.45, 2.75) is 13.1 Å². The van der Waals surface area contributed by atoms with Crippen LogP contribution in [0.2, 0.25) is 0 Å². The molecule has 0 spiro atoms. The Balaban J connectivity index is 1.79. The average molecular weight is 668 g/mol. The molecule has 5 rings (SSSR count). The van der Waals surface area contributed by atoms with Crippen LogP contribution >= 0.6 is 20.6 Å². The minimum absolute atomic E-state index is 0.0294. The third-order valence-corrected chi connectivity index (χ3v) is 8.96. The number of likely N-dealkylation sites (N-methyl/N-ethyl adjacent to an activating group) is 1. The molecule has 3 aromatic heterocycles. The van der Waals surface area contributed by atoms with E-state index in [9.17, 15) is 19.5 Å². The van der Waals surface area contributed by atoms with E-state index >= 15 is 4.39 Å². The van der Waals surface area contributed by atoms with Gasteiger partial charge in [-0.3, -0.25) is 19.1 Å². The van der Waals surface area contributed by atoms with Crippen LogP contribution in [0.15, 0.2) is 64.2 Å². The molecule has 0 aliphatic carbocycles. The van der Waals surface area contributed by atoms with Gasteiger partial charge >= 0.3 is 11.7 Å². The predicted molar refractivity (Wildman–Crippen MR) is 177 cm³/mol. The zero-order chi connectivity index (χ0) is 33.0. The van der Waals surface area contributed by atoms with Crippen molar-refractivity contribution in [2.24, 2.45) is 0 Å². The van der Waals surface area contributed by atoms with Gasteiger partial charge in [0.2, 0.25) is 5.88 Å². The normalized spacial score (nSPS) is 11.3. The highest BCUT2D eigenvalue weighted by Crippen LogP contribution is 2.38. The van der Waals surface area contributed by atoms with E-state index in [-0.39, 0.29) is 42.3 Å². The molecule has 5 aromatic rings. The van der Waals surface area contributed by atoms with E-state index in [0.29, 0.717) is 38.4 Å². The SMILES string of the molecule is CONC(=O)Nc1ccc(-c2sc3c(c2CN(C)CCO)c(=O)n(-c2ccc(OC)nn2)c(=O)n3Cc2c(F)cccc2P)cc1. The molecule has 240 valence electrons. The molecule has 0 saturated carbocycles. The monoisotopic (exact) mass is 667 g/mol. The van der Waals surface area contributed by atoms with Crippen molar-refractivity contribution < 1.29 is 23.9 Å². The number of thiophene rings is 1. The lowest BCUT2D eigenvalue weighted by atomic mass is 10.1. The number of anilines is 1. The van der Waals surface area contributed by atoms with Gasteiger partial charge in [0.05, 0.1) is 32.8 Å². The van der Waals surface area contributed by atoms with Crippen LogP contribution in [0.5, 0.6) is 5.88 Å². The van der Waals surface area contributed by atoms with Gasteiger partial charge < -0.3 is 15.2 Å². The highest BCUT2D eigenvalue weighted by molar-refractivity contribution is 7.27.